The van der Waals surface area contributed by atoms with Gasteiger partial charge in [0, 0.05) is 42.6 Å². The van der Waals surface area contributed by atoms with Crippen molar-refractivity contribution < 1.29 is 4.79 Å². The van der Waals surface area contributed by atoms with Gasteiger partial charge in [-0.1, -0.05) is 0 Å². The number of nitrogens with one attached hydrogen (secondary N) is 1. The second-order valence-electron chi connectivity index (χ2n) is 6.41. The predicted octanol–water partition coefficient (Wildman–Crippen LogP) is 1.63. The number of piperidine rings is 1. The topological polar surface area (TPSA) is 60.5 Å². The van der Waals surface area contributed by atoms with Crippen molar-refractivity contribution in [2.75, 3.05) is 19.6 Å². The van der Waals surface area contributed by atoms with Gasteiger partial charge in [-0.15, -0.1) is 0 Å². The van der Waals surface area contributed by atoms with Crippen LogP contribution in [-0.2, 0) is 0 Å². The van der Waals surface area contributed by atoms with Gasteiger partial charge in [0.25, 0.3) is 5.91 Å². The monoisotopic (exact) mass is 294 g/mol. The highest BCUT2D eigenvalue weighted by atomic mass is 16.1. The number of rotatable bonds is 2. The standard InChI is InChI=1S/C17H18N4O/c18-8-13-6-16-7-14(2-4-21(16)10-13)17(22)19-15-5-12-1-3-20(9-12)11-15/h2,4,6-7,10,12,15H,1,3,5,9,11H2,(H,19,22)/t12?,15-/m1/s1. The van der Waals surface area contributed by atoms with Gasteiger partial charge in [0.2, 0.25) is 0 Å². The molecule has 0 aliphatic carbocycles. The third-order valence-electron chi connectivity index (χ3n) is 4.79. The Morgan fingerprint density at radius 3 is 3.09 bits per heavy atom. The molecule has 112 valence electrons. The van der Waals surface area contributed by atoms with Crippen LogP contribution in [0.1, 0.15) is 28.8 Å². The lowest BCUT2D eigenvalue weighted by atomic mass is 9.96. The van der Waals surface area contributed by atoms with Crippen LogP contribution in [0, 0.1) is 17.2 Å². The molecule has 2 aliphatic rings. The zero-order valence-electron chi connectivity index (χ0n) is 12.3. The van der Waals surface area contributed by atoms with E-state index in [0.717, 1.165) is 24.4 Å². The Labute approximate surface area is 129 Å². The lowest BCUT2D eigenvalue weighted by molar-refractivity contribution is 0.0909. The van der Waals surface area contributed by atoms with Gasteiger partial charge in [-0.2, -0.15) is 5.26 Å². The molecule has 2 fully saturated rings. The molecule has 2 aliphatic heterocycles. The van der Waals surface area contributed by atoms with Crippen LogP contribution in [0.3, 0.4) is 0 Å². The molecule has 2 unspecified atom stereocenters. The second-order valence-corrected chi connectivity index (χ2v) is 6.41. The first kappa shape index (κ1) is 13.4. The quantitative estimate of drug-likeness (QED) is 0.916. The van der Waals surface area contributed by atoms with E-state index in [9.17, 15) is 4.79 Å². The third kappa shape index (κ3) is 2.36. The van der Waals surface area contributed by atoms with Crippen LogP contribution in [0.25, 0.3) is 5.52 Å². The molecule has 4 heterocycles. The number of carbonyl (C=O) groups is 1. The van der Waals surface area contributed by atoms with Gasteiger partial charge in [-0.3, -0.25) is 4.79 Å². The molecule has 2 bridgehead atoms. The van der Waals surface area contributed by atoms with E-state index < -0.39 is 0 Å². The molecule has 2 aromatic rings. The van der Waals surface area contributed by atoms with Crippen molar-refractivity contribution in [2.45, 2.75) is 18.9 Å². The van der Waals surface area contributed by atoms with Gasteiger partial charge in [0.15, 0.2) is 0 Å². The number of nitrogens with zero attached hydrogens (tertiary/aromatic N) is 3. The molecule has 4 rings (SSSR count). The molecule has 0 saturated carbocycles. The van der Waals surface area contributed by atoms with Crippen LogP contribution >= 0.6 is 0 Å². The van der Waals surface area contributed by atoms with Crippen molar-refractivity contribution in [1.29, 1.82) is 5.26 Å². The van der Waals surface area contributed by atoms with Crippen LogP contribution in [0.5, 0.6) is 0 Å². The fourth-order valence-electron chi connectivity index (χ4n) is 3.74. The number of carbonyl (C=O) groups excluding carboxylic acids is 1. The highest BCUT2D eigenvalue weighted by Crippen LogP contribution is 2.26. The van der Waals surface area contributed by atoms with E-state index in [-0.39, 0.29) is 11.9 Å². The maximum Gasteiger partial charge on any atom is 0.251 e. The molecule has 1 N–H and O–H groups in total. The number of aromatic nitrogens is 1. The summed E-state index contributed by atoms with van der Waals surface area (Å²) in [6, 6.07) is 7.82. The van der Waals surface area contributed by atoms with Gasteiger partial charge >= 0.3 is 0 Å². The van der Waals surface area contributed by atoms with Crippen molar-refractivity contribution in [3.8, 4) is 6.07 Å². The summed E-state index contributed by atoms with van der Waals surface area (Å²) in [5.41, 5.74) is 2.13. The Bertz CT molecular complexity index is 761. The first-order chi connectivity index (χ1) is 10.7. The minimum atomic E-state index is -0.0188. The Hall–Kier alpha value is -2.32. The van der Waals surface area contributed by atoms with Crippen molar-refractivity contribution in [2.24, 2.45) is 5.92 Å². The summed E-state index contributed by atoms with van der Waals surface area (Å²) in [6.07, 6.45) is 5.95. The Morgan fingerprint density at radius 1 is 1.36 bits per heavy atom. The van der Waals surface area contributed by atoms with E-state index >= 15 is 0 Å². The molecule has 0 aromatic carbocycles. The van der Waals surface area contributed by atoms with Crippen molar-refractivity contribution >= 4 is 11.4 Å². The third-order valence-corrected chi connectivity index (χ3v) is 4.79. The van der Waals surface area contributed by atoms with Gasteiger partial charge in [-0.05, 0) is 43.5 Å². The Morgan fingerprint density at radius 2 is 2.27 bits per heavy atom. The highest BCUT2D eigenvalue weighted by Gasteiger charge is 2.32. The second kappa shape index (κ2) is 5.15. The molecule has 22 heavy (non-hydrogen) atoms. The fourth-order valence-corrected chi connectivity index (χ4v) is 3.74. The van der Waals surface area contributed by atoms with Gasteiger partial charge in [0.1, 0.15) is 6.07 Å². The molecule has 3 atom stereocenters. The molecule has 0 radical (unpaired) electrons. The summed E-state index contributed by atoms with van der Waals surface area (Å²) >= 11 is 0. The van der Waals surface area contributed by atoms with Gasteiger partial charge in [-0.25, -0.2) is 0 Å². The van der Waals surface area contributed by atoms with E-state index in [1.807, 2.05) is 16.7 Å². The van der Waals surface area contributed by atoms with E-state index in [0.29, 0.717) is 11.1 Å². The maximum atomic E-state index is 12.5. The first-order valence-corrected chi connectivity index (χ1v) is 7.76. The summed E-state index contributed by atoms with van der Waals surface area (Å²) in [6.45, 7) is 3.33. The minimum absolute atomic E-state index is 0.0188. The van der Waals surface area contributed by atoms with E-state index in [4.69, 9.17) is 5.26 Å². The summed E-state index contributed by atoms with van der Waals surface area (Å²) in [5, 5.41) is 12.1. The lowest BCUT2D eigenvalue weighted by Gasteiger charge is -2.30. The Balaban J connectivity index is 1.51. The number of amides is 1. The normalized spacial score (nSPS) is 26.8. The van der Waals surface area contributed by atoms with Crippen molar-refractivity contribution in [3.05, 3.63) is 41.7 Å². The Kier molecular flexibility index (Phi) is 3.12. The average molecular weight is 294 g/mol. The van der Waals surface area contributed by atoms with Crippen molar-refractivity contribution in [1.82, 2.24) is 14.6 Å². The average Bonchev–Trinajstić information content (AvgIpc) is 3.09. The lowest BCUT2D eigenvalue weighted by Crippen LogP contribution is -2.47. The van der Waals surface area contributed by atoms with Gasteiger partial charge < -0.3 is 14.6 Å². The van der Waals surface area contributed by atoms with E-state index in [1.54, 1.807) is 18.3 Å². The SMILES string of the molecule is N#Cc1cc2cc(C(=O)N[C@@H]3CC4CCN(C4)C3)ccn2c1. The van der Waals surface area contributed by atoms with Crippen LogP contribution < -0.4 is 5.32 Å². The molecule has 5 heteroatoms. The summed E-state index contributed by atoms with van der Waals surface area (Å²) in [5.74, 6) is 0.722. The largest absolute Gasteiger partial charge is 0.348 e. The smallest absolute Gasteiger partial charge is 0.251 e. The van der Waals surface area contributed by atoms with Gasteiger partial charge in [0.05, 0.1) is 5.56 Å². The van der Waals surface area contributed by atoms with Crippen molar-refractivity contribution in [3.63, 3.8) is 0 Å². The molecule has 2 aromatic heterocycles. The molecule has 2 saturated heterocycles. The first-order valence-electron chi connectivity index (χ1n) is 7.76. The summed E-state index contributed by atoms with van der Waals surface area (Å²) in [7, 11) is 0. The summed E-state index contributed by atoms with van der Waals surface area (Å²) < 4.78 is 1.86. The molecule has 0 spiro atoms. The van der Waals surface area contributed by atoms with E-state index in [2.05, 4.69) is 16.3 Å². The maximum absolute atomic E-state index is 12.5. The fraction of sp³-hybridized carbons (Fsp3) is 0.412. The molecule has 5 nitrogen and oxygen atoms in total. The van der Waals surface area contributed by atoms with Crippen LogP contribution in [0.2, 0.25) is 0 Å². The highest BCUT2D eigenvalue weighted by molar-refractivity contribution is 5.95. The number of nitriles is 1. The number of fused-ring (bicyclic) bond motifs is 3. The van der Waals surface area contributed by atoms with Crippen LogP contribution in [0.4, 0.5) is 0 Å². The molecular formula is C17H18N4O. The predicted molar refractivity (Wildman–Crippen MR) is 82.5 cm³/mol. The number of hydrogen-bond donors (Lipinski definition) is 1. The minimum Gasteiger partial charge on any atom is -0.348 e. The molecular weight excluding hydrogens is 276 g/mol. The van der Waals surface area contributed by atoms with Crippen LogP contribution in [0.15, 0.2) is 30.6 Å². The van der Waals surface area contributed by atoms with Crippen LogP contribution in [-0.4, -0.2) is 40.9 Å². The number of hydrogen-bond acceptors (Lipinski definition) is 3. The number of pyridine rings is 1. The molecule has 1 amide bonds. The van der Waals surface area contributed by atoms with E-state index in [1.165, 1.54) is 19.5 Å². The summed E-state index contributed by atoms with van der Waals surface area (Å²) in [4.78, 5) is 14.9. The zero-order chi connectivity index (χ0) is 15.1. The zero-order valence-corrected chi connectivity index (χ0v) is 12.3.